The average molecular weight is 458 g/mol. The molecule has 174 valence electrons. The molecule has 0 bridgehead atoms. The Morgan fingerprint density at radius 1 is 1.00 bits per heavy atom. The molecule has 2 N–H and O–H groups in total. The van der Waals surface area contributed by atoms with Gasteiger partial charge in [0.15, 0.2) is 5.65 Å². The van der Waals surface area contributed by atoms with Crippen molar-refractivity contribution in [1.82, 2.24) is 20.1 Å². The second-order valence-electron chi connectivity index (χ2n) is 8.29. The van der Waals surface area contributed by atoms with Gasteiger partial charge in [0, 0.05) is 18.7 Å². The summed E-state index contributed by atoms with van der Waals surface area (Å²) in [5, 5.41) is 10.6. The summed E-state index contributed by atoms with van der Waals surface area (Å²) in [6.07, 6.45) is 1.66. The van der Waals surface area contributed by atoms with E-state index in [1.54, 1.807) is 35.1 Å². The van der Waals surface area contributed by atoms with Crippen LogP contribution in [0.5, 0.6) is 5.75 Å². The predicted octanol–water partition coefficient (Wildman–Crippen LogP) is 4.61. The maximum atomic E-state index is 13.5. The van der Waals surface area contributed by atoms with Gasteiger partial charge in [0.2, 0.25) is 0 Å². The minimum atomic E-state index is -0.362. The van der Waals surface area contributed by atoms with Crippen LogP contribution in [0, 0.1) is 6.92 Å². The summed E-state index contributed by atoms with van der Waals surface area (Å²) in [5.41, 5.74) is 4.43. The first-order valence-corrected chi connectivity index (χ1v) is 11.0. The molecule has 4 aromatic rings. The Kier molecular flexibility index (Phi) is 6.32. The van der Waals surface area contributed by atoms with Crippen LogP contribution in [-0.2, 0) is 0 Å². The molecular formula is C26H27N5O3. The number of fused-ring (bicyclic) bond motifs is 1. The van der Waals surface area contributed by atoms with Crippen molar-refractivity contribution in [3.8, 4) is 17.0 Å². The number of ether oxygens (including phenoxy) is 1. The van der Waals surface area contributed by atoms with Crippen LogP contribution in [0.4, 0.5) is 5.69 Å². The Labute approximate surface area is 198 Å². The van der Waals surface area contributed by atoms with Gasteiger partial charge in [-0.25, -0.2) is 9.67 Å². The number of aryl methyl sites for hydroxylation is 1. The molecule has 0 spiro atoms. The minimum absolute atomic E-state index is 0.0654. The lowest BCUT2D eigenvalue weighted by atomic mass is 10.0. The van der Waals surface area contributed by atoms with Gasteiger partial charge in [-0.3, -0.25) is 9.59 Å². The van der Waals surface area contributed by atoms with Crippen molar-refractivity contribution in [2.75, 3.05) is 19.5 Å². The number of rotatable bonds is 6. The molecular weight excluding hydrogens is 430 g/mol. The first-order chi connectivity index (χ1) is 16.3. The molecule has 0 saturated heterocycles. The van der Waals surface area contributed by atoms with Crippen molar-refractivity contribution in [3.63, 3.8) is 0 Å². The number of carbonyl (C=O) groups excluding carboxylic acids is 2. The van der Waals surface area contributed by atoms with Gasteiger partial charge in [-0.1, -0.05) is 29.8 Å². The lowest BCUT2D eigenvalue weighted by Crippen LogP contribution is -2.22. The summed E-state index contributed by atoms with van der Waals surface area (Å²) in [6, 6.07) is 14.7. The molecule has 4 rings (SSSR count). The quantitative estimate of drug-likeness (QED) is 0.441. The number of nitrogens with zero attached hydrogens (tertiary/aromatic N) is 3. The zero-order valence-corrected chi connectivity index (χ0v) is 19.8. The second-order valence-corrected chi connectivity index (χ2v) is 8.29. The Morgan fingerprint density at radius 3 is 2.38 bits per heavy atom. The SMILES string of the molecule is CNC(=O)c1cc(OC)ccc1NC(=O)c1cc(-c2ccc(C)cc2)nc2c1cnn2C(C)C. The van der Waals surface area contributed by atoms with Gasteiger partial charge in [0.25, 0.3) is 11.8 Å². The van der Waals surface area contributed by atoms with E-state index in [4.69, 9.17) is 9.72 Å². The maximum absolute atomic E-state index is 13.5. The van der Waals surface area contributed by atoms with Gasteiger partial charge in [-0.05, 0) is 45.0 Å². The topological polar surface area (TPSA) is 98.1 Å². The normalized spacial score (nSPS) is 11.0. The van der Waals surface area contributed by atoms with Crippen molar-refractivity contribution >= 4 is 28.5 Å². The van der Waals surface area contributed by atoms with Crippen LogP contribution in [0.15, 0.2) is 54.7 Å². The van der Waals surface area contributed by atoms with Gasteiger partial charge in [0.1, 0.15) is 5.75 Å². The van der Waals surface area contributed by atoms with Crippen molar-refractivity contribution in [2.45, 2.75) is 26.8 Å². The smallest absolute Gasteiger partial charge is 0.256 e. The Hall–Kier alpha value is -4.20. The molecule has 0 radical (unpaired) electrons. The number of benzene rings is 2. The Balaban J connectivity index is 1.83. The van der Waals surface area contributed by atoms with Crippen LogP contribution in [-0.4, -0.2) is 40.7 Å². The summed E-state index contributed by atoms with van der Waals surface area (Å²) in [6.45, 7) is 6.05. The van der Waals surface area contributed by atoms with E-state index in [0.717, 1.165) is 11.1 Å². The van der Waals surface area contributed by atoms with E-state index in [0.29, 0.717) is 39.3 Å². The predicted molar refractivity (Wildman–Crippen MR) is 132 cm³/mol. The van der Waals surface area contributed by atoms with E-state index >= 15 is 0 Å². The molecule has 8 nitrogen and oxygen atoms in total. The fourth-order valence-corrected chi connectivity index (χ4v) is 3.73. The molecule has 0 atom stereocenters. The number of amides is 2. The highest BCUT2D eigenvalue weighted by Crippen LogP contribution is 2.28. The minimum Gasteiger partial charge on any atom is -0.497 e. The van der Waals surface area contributed by atoms with Crippen LogP contribution >= 0.6 is 0 Å². The highest BCUT2D eigenvalue weighted by atomic mass is 16.5. The second kappa shape index (κ2) is 9.35. The average Bonchev–Trinajstić information content (AvgIpc) is 3.28. The molecule has 0 aliphatic carbocycles. The number of hydrogen-bond donors (Lipinski definition) is 2. The summed E-state index contributed by atoms with van der Waals surface area (Å²) >= 11 is 0. The molecule has 0 aliphatic heterocycles. The molecule has 2 aromatic carbocycles. The van der Waals surface area contributed by atoms with Crippen molar-refractivity contribution < 1.29 is 14.3 Å². The zero-order chi connectivity index (χ0) is 24.4. The van der Waals surface area contributed by atoms with E-state index in [-0.39, 0.29) is 17.9 Å². The van der Waals surface area contributed by atoms with E-state index in [1.165, 1.54) is 14.2 Å². The molecule has 34 heavy (non-hydrogen) atoms. The number of hydrogen-bond acceptors (Lipinski definition) is 5. The third-order valence-electron chi connectivity index (χ3n) is 5.59. The fraction of sp³-hybridized carbons (Fsp3) is 0.231. The summed E-state index contributed by atoms with van der Waals surface area (Å²) in [7, 11) is 3.06. The van der Waals surface area contributed by atoms with Gasteiger partial charge in [0.05, 0.1) is 41.2 Å². The van der Waals surface area contributed by atoms with Gasteiger partial charge < -0.3 is 15.4 Å². The molecule has 2 amide bonds. The highest BCUT2D eigenvalue weighted by Gasteiger charge is 2.21. The number of methoxy groups -OCH3 is 1. The van der Waals surface area contributed by atoms with E-state index < -0.39 is 0 Å². The number of anilines is 1. The lowest BCUT2D eigenvalue weighted by molar-refractivity contribution is 0.0963. The third kappa shape index (κ3) is 4.34. The largest absolute Gasteiger partial charge is 0.497 e. The zero-order valence-electron chi connectivity index (χ0n) is 19.8. The first kappa shape index (κ1) is 23.0. The molecule has 0 fully saturated rings. The Bertz CT molecular complexity index is 1370. The number of carbonyl (C=O) groups is 2. The number of aromatic nitrogens is 3. The van der Waals surface area contributed by atoms with Gasteiger partial charge in [-0.15, -0.1) is 0 Å². The summed E-state index contributed by atoms with van der Waals surface area (Å²) in [5.74, 6) is -0.177. The Morgan fingerprint density at radius 2 is 1.74 bits per heavy atom. The first-order valence-electron chi connectivity index (χ1n) is 11.0. The molecule has 2 heterocycles. The molecule has 0 unspecified atom stereocenters. The molecule has 8 heteroatoms. The standard InChI is InChI=1S/C26H27N5O3/c1-15(2)31-24-21(14-28-31)19(13-23(29-24)17-8-6-16(3)7-9-17)26(33)30-22-11-10-18(34-5)12-20(22)25(32)27-4/h6-15H,1-5H3,(H,27,32)(H,30,33). The van der Waals surface area contributed by atoms with Crippen LogP contribution < -0.4 is 15.4 Å². The monoisotopic (exact) mass is 457 g/mol. The van der Waals surface area contributed by atoms with Crippen molar-refractivity contribution in [3.05, 3.63) is 71.4 Å². The summed E-state index contributed by atoms with van der Waals surface area (Å²) in [4.78, 5) is 30.8. The maximum Gasteiger partial charge on any atom is 0.256 e. The van der Waals surface area contributed by atoms with E-state index in [1.807, 2.05) is 45.0 Å². The van der Waals surface area contributed by atoms with Gasteiger partial charge in [-0.2, -0.15) is 5.10 Å². The third-order valence-corrected chi connectivity index (χ3v) is 5.59. The fourth-order valence-electron chi connectivity index (χ4n) is 3.73. The number of pyridine rings is 1. The summed E-state index contributed by atoms with van der Waals surface area (Å²) < 4.78 is 7.04. The van der Waals surface area contributed by atoms with E-state index in [9.17, 15) is 9.59 Å². The van der Waals surface area contributed by atoms with Gasteiger partial charge >= 0.3 is 0 Å². The molecule has 0 saturated carbocycles. The molecule has 2 aromatic heterocycles. The van der Waals surface area contributed by atoms with Crippen LogP contribution in [0.25, 0.3) is 22.3 Å². The van der Waals surface area contributed by atoms with Crippen molar-refractivity contribution in [2.24, 2.45) is 0 Å². The van der Waals surface area contributed by atoms with Crippen LogP contribution in [0.2, 0.25) is 0 Å². The highest BCUT2D eigenvalue weighted by molar-refractivity contribution is 6.14. The lowest BCUT2D eigenvalue weighted by Gasteiger charge is -2.14. The van der Waals surface area contributed by atoms with E-state index in [2.05, 4.69) is 15.7 Å². The number of nitrogens with one attached hydrogen (secondary N) is 2. The van der Waals surface area contributed by atoms with Crippen molar-refractivity contribution in [1.29, 1.82) is 0 Å². The van der Waals surface area contributed by atoms with Crippen LogP contribution in [0.3, 0.4) is 0 Å². The molecule has 0 aliphatic rings. The van der Waals surface area contributed by atoms with Crippen LogP contribution in [0.1, 0.15) is 46.2 Å².